The molecule has 0 unspecified atom stereocenters. The van der Waals surface area contributed by atoms with E-state index in [1.165, 1.54) is 0 Å². The van der Waals surface area contributed by atoms with Gasteiger partial charge in [-0.1, -0.05) is 0 Å². The van der Waals surface area contributed by atoms with Crippen molar-refractivity contribution in [1.82, 2.24) is 20.9 Å². The third-order valence-electron chi connectivity index (χ3n) is 3.69. The van der Waals surface area contributed by atoms with Gasteiger partial charge >= 0.3 is 0 Å². The molecule has 2 aliphatic carbocycles. The first kappa shape index (κ1) is 16.7. The largest absolute Gasteiger partial charge is 0.355 e. The lowest BCUT2D eigenvalue weighted by atomic mass is 10.3. The molecular weight excluding hydrogens is 284 g/mol. The quantitative estimate of drug-likeness (QED) is 0.501. The molecule has 0 atom stereocenters. The summed E-state index contributed by atoms with van der Waals surface area (Å²) in [7, 11) is 1.85. The van der Waals surface area contributed by atoms with Gasteiger partial charge in [0.25, 0.3) is 0 Å². The molecule has 2 fully saturated rings. The minimum atomic E-state index is -0.123. The fourth-order valence-corrected chi connectivity index (χ4v) is 2.05. The van der Waals surface area contributed by atoms with Gasteiger partial charge in [0, 0.05) is 38.0 Å². The highest BCUT2D eigenvalue weighted by Crippen LogP contribution is 2.19. The molecule has 2 rings (SSSR count). The molecule has 3 N–H and O–H groups in total. The smallest absolute Gasteiger partial charge is 0.234 e. The zero-order valence-corrected chi connectivity index (χ0v) is 13.2. The normalized spacial score (nSPS) is 17.2. The monoisotopic (exact) mass is 310 g/mol. The molecule has 0 saturated heterocycles. The first-order chi connectivity index (χ1) is 10.5. The van der Waals surface area contributed by atoms with E-state index >= 15 is 0 Å². The number of rotatable bonds is 10. The van der Waals surface area contributed by atoms with Crippen molar-refractivity contribution < 1.29 is 14.4 Å². The Labute approximate surface area is 131 Å². The number of carbonyl (C=O) groups excluding carboxylic acids is 3. The maximum atomic E-state index is 11.6. The predicted octanol–water partition coefficient (Wildman–Crippen LogP) is -0.628. The van der Waals surface area contributed by atoms with Crippen molar-refractivity contribution in [2.45, 2.75) is 50.6 Å². The average molecular weight is 310 g/mol. The molecule has 0 heterocycles. The molecule has 22 heavy (non-hydrogen) atoms. The SMILES string of the molecule is CN(CCNC(=O)CCC(=O)NC1CC1)CC(=O)NC1CC1. The highest BCUT2D eigenvalue weighted by atomic mass is 16.2. The molecule has 0 bridgehead atoms. The van der Waals surface area contributed by atoms with Crippen LogP contribution < -0.4 is 16.0 Å². The molecule has 7 heteroatoms. The molecular formula is C15H26N4O3. The summed E-state index contributed by atoms with van der Waals surface area (Å²) in [5.74, 6) is -0.138. The van der Waals surface area contributed by atoms with Gasteiger partial charge in [-0.15, -0.1) is 0 Å². The van der Waals surface area contributed by atoms with Crippen molar-refractivity contribution in [2.24, 2.45) is 0 Å². The van der Waals surface area contributed by atoms with Crippen LogP contribution in [0.4, 0.5) is 0 Å². The van der Waals surface area contributed by atoms with Crippen LogP contribution in [0.2, 0.25) is 0 Å². The fraction of sp³-hybridized carbons (Fsp3) is 0.800. The van der Waals surface area contributed by atoms with Crippen molar-refractivity contribution in [3.05, 3.63) is 0 Å². The molecule has 7 nitrogen and oxygen atoms in total. The summed E-state index contributed by atoms with van der Waals surface area (Å²) in [5.41, 5.74) is 0. The van der Waals surface area contributed by atoms with Crippen LogP contribution >= 0.6 is 0 Å². The van der Waals surface area contributed by atoms with Crippen LogP contribution in [0, 0.1) is 0 Å². The Bertz CT molecular complexity index is 419. The number of likely N-dealkylation sites (N-methyl/N-ethyl adjacent to an activating group) is 1. The number of hydrogen-bond donors (Lipinski definition) is 3. The summed E-state index contributed by atoms with van der Waals surface area (Å²) in [6.07, 6.45) is 4.73. The Morgan fingerprint density at radius 2 is 1.45 bits per heavy atom. The Morgan fingerprint density at radius 3 is 2.05 bits per heavy atom. The number of nitrogens with zero attached hydrogens (tertiary/aromatic N) is 1. The van der Waals surface area contributed by atoms with Crippen LogP contribution in [0.5, 0.6) is 0 Å². The van der Waals surface area contributed by atoms with E-state index in [1.54, 1.807) is 0 Å². The van der Waals surface area contributed by atoms with E-state index in [0.717, 1.165) is 25.7 Å². The van der Waals surface area contributed by atoms with Gasteiger partial charge in [-0.05, 0) is 32.7 Å². The molecule has 0 aliphatic heterocycles. The summed E-state index contributed by atoms with van der Waals surface area (Å²) in [5, 5.41) is 8.55. The summed E-state index contributed by atoms with van der Waals surface area (Å²) < 4.78 is 0. The van der Waals surface area contributed by atoms with Crippen LogP contribution in [0.3, 0.4) is 0 Å². The van der Waals surface area contributed by atoms with Crippen molar-refractivity contribution in [3.63, 3.8) is 0 Å². The van der Waals surface area contributed by atoms with Gasteiger partial charge in [0.05, 0.1) is 6.54 Å². The van der Waals surface area contributed by atoms with Crippen molar-refractivity contribution >= 4 is 17.7 Å². The molecule has 0 aromatic rings. The third-order valence-corrected chi connectivity index (χ3v) is 3.69. The molecule has 0 aromatic carbocycles. The Morgan fingerprint density at radius 1 is 0.909 bits per heavy atom. The summed E-state index contributed by atoms with van der Waals surface area (Å²) in [6, 6.07) is 0.716. The minimum Gasteiger partial charge on any atom is -0.355 e. The third kappa shape index (κ3) is 7.40. The van der Waals surface area contributed by atoms with E-state index in [9.17, 15) is 14.4 Å². The summed E-state index contributed by atoms with van der Waals surface area (Å²) in [4.78, 5) is 36.5. The predicted molar refractivity (Wildman–Crippen MR) is 82.1 cm³/mol. The second kappa shape index (κ2) is 8.12. The standard InChI is InChI=1S/C15H26N4O3/c1-19(10-15(22)18-12-4-5-12)9-8-16-13(20)6-7-14(21)17-11-2-3-11/h11-12H,2-10H2,1H3,(H,16,20)(H,17,21)(H,18,22). The van der Waals surface area contributed by atoms with Gasteiger partial charge < -0.3 is 16.0 Å². The molecule has 0 radical (unpaired) electrons. The topological polar surface area (TPSA) is 90.5 Å². The van der Waals surface area contributed by atoms with Gasteiger partial charge in [0.15, 0.2) is 0 Å². The summed E-state index contributed by atoms with van der Waals surface area (Å²) >= 11 is 0. The van der Waals surface area contributed by atoms with Crippen LogP contribution in [0.1, 0.15) is 38.5 Å². The molecule has 124 valence electrons. The average Bonchev–Trinajstić information content (AvgIpc) is 3.33. The molecule has 0 aromatic heterocycles. The van der Waals surface area contributed by atoms with Crippen molar-refractivity contribution in [2.75, 3.05) is 26.7 Å². The van der Waals surface area contributed by atoms with E-state index in [-0.39, 0.29) is 30.6 Å². The van der Waals surface area contributed by atoms with Gasteiger partial charge in [-0.2, -0.15) is 0 Å². The number of carbonyl (C=O) groups is 3. The Balaban J connectivity index is 1.46. The van der Waals surface area contributed by atoms with Gasteiger partial charge in [0.1, 0.15) is 0 Å². The highest BCUT2D eigenvalue weighted by Gasteiger charge is 2.24. The maximum absolute atomic E-state index is 11.6. The van der Waals surface area contributed by atoms with E-state index in [4.69, 9.17) is 0 Å². The van der Waals surface area contributed by atoms with E-state index in [1.807, 2.05) is 11.9 Å². The van der Waals surface area contributed by atoms with Gasteiger partial charge in [0.2, 0.25) is 17.7 Å². The molecule has 2 saturated carbocycles. The Hall–Kier alpha value is -1.63. The lowest BCUT2D eigenvalue weighted by Gasteiger charge is -2.16. The maximum Gasteiger partial charge on any atom is 0.234 e. The van der Waals surface area contributed by atoms with Crippen LogP contribution in [0.25, 0.3) is 0 Å². The highest BCUT2D eigenvalue weighted by molar-refractivity contribution is 5.84. The number of amides is 3. The second-order valence-corrected chi connectivity index (χ2v) is 6.27. The van der Waals surface area contributed by atoms with E-state index in [0.29, 0.717) is 31.7 Å². The fourth-order valence-electron chi connectivity index (χ4n) is 2.05. The number of nitrogens with one attached hydrogen (secondary N) is 3. The first-order valence-corrected chi connectivity index (χ1v) is 8.07. The lowest BCUT2D eigenvalue weighted by Crippen LogP contribution is -2.40. The van der Waals surface area contributed by atoms with Gasteiger partial charge in [-0.3, -0.25) is 19.3 Å². The Kier molecular flexibility index (Phi) is 6.18. The second-order valence-electron chi connectivity index (χ2n) is 6.27. The van der Waals surface area contributed by atoms with Crippen LogP contribution in [-0.2, 0) is 14.4 Å². The van der Waals surface area contributed by atoms with E-state index in [2.05, 4.69) is 16.0 Å². The first-order valence-electron chi connectivity index (χ1n) is 8.07. The molecule has 3 amide bonds. The van der Waals surface area contributed by atoms with Crippen molar-refractivity contribution in [1.29, 1.82) is 0 Å². The van der Waals surface area contributed by atoms with Crippen LogP contribution in [0.15, 0.2) is 0 Å². The summed E-state index contributed by atoms with van der Waals surface area (Å²) in [6.45, 7) is 1.44. The lowest BCUT2D eigenvalue weighted by molar-refractivity contribution is -0.126. The van der Waals surface area contributed by atoms with E-state index < -0.39 is 0 Å². The van der Waals surface area contributed by atoms with Crippen LogP contribution in [-0.4, -0.2) is 61.4 Å². The zero-order valence-electron chi connectivity index (χ0n) is 13.2. The number of hydrogen-bond acceptors (Lipinski definition) is 4. The minimum absolute atomic E-state index is 0.0353. The van der Waals surface area contributed by atoms with Gasteiger partial charge in [-0.25, -0.2) is 0 Å². The molecule has 2 aliphatic rings. The zero-order chi connectivity index (χ0) is 15.9. The van der Waals surface area contributed by atoms with Crippen molar-refractivity contribution in [3.8, 4) is 0 Å². The molecule has 0 spiro atoms.